The summed E-state index contributed by atoms with van der Waals surface area (Å²) >= 11 is 0. The third-order valence-corrected chi connectivity index (χ3v) is 4.23. The molecule has 1 saturated carbocycles. The van der Waals surface area contributed by atoms with Gasteiger partial charge in [0.1, 0.15) is 0 Å². The molecule has 0 bridgehead atoms. The number of ether oxygens (including phenoxy) is 3. The van der Waals surface area contributed by atoms with Crippen molar-refractivity contribution in [3.05, 3.63) is 17.7 Å². The van der Waals surface area contributed by atoms with Crippen LogP contribution in [0, 0.1) is 5.92 Å². The molecule has 0 spiro atoms. The molecular weight excluding hydrogens is 240 g/mol. The van der Waals surface area contributed by atoms with E-state index in [0.717, 1.165) is 17.4 Å². The lowest BCUT2D eigenvalue weighted by atomic mass is 9.76. The zero-order valence-corrected chi connectivity index (χ0v) is 12.4. The highest BCUT2D eigenvalue weighted by atomic mass is 16.5. The van der Waals surface area contributed by atoms with Crippen molar-refractivity contribution >= 4 is 0 Å². The molecule has 0 unspecified atom stereocenters. The Morgan fingerprint density at radius 3 is 1.95 bits per heavy atom. The first-order chi connectivity index (χ1) is 9.21. The van der Waals surface area contributed by atoms with Gasteiger partial charge in [-0.1, -0.05) is 26.2 Å². The maximum Gasteiger partial charge on any atom is 0.203 e. The summed E-state index contributed by atoms with van der Waals surface area (Å²) in [5.74, 6) is 3.51. The Bertz CT molecular complexity index is 403. The highest BCUT2D eigenvalue weighted by Gasteiger charge is 2.25. The van der Waals surface area contributed by atoms with E-state index < -0.39 is 0 Å². The molecule has 19 heavy (non-hydrogen) atoms. The van der Waals surface area contributed by atoms with E-state index in [1.165, 1.54) is 31.2 Å². The normalized spacial score (nSPS) is 22.9. The van der Waals surface area contributed by atoms with Crippen molar-refractivity contribution in [3.63, 3.8) is 0 Å². The van der Waals surface area contributed by atoms with Crippen LogP contribution >= 0.6 is 0 Å². The molecule has 0 N–H and O–H groups in total. The van der Waals surface area contributed by atoms with Gasteiger partial charge >= 0.3 is 0 Å². The molecule has 1 aliphatic rings. The predicted octanol–water partition coefficient (Wildman–Crippen LogP) is 4.01. The van der Waals surface area contributed by atoms with Crippen molar-refractivity contribution in [1.29, 1.82) is 0 Å². The Morgan fingerprint density at radius 2 is 1.47 bits per heavy atom. The molecule has 2 atom stereocenters. The van der Waals surface area contributed by atoms with E-state index in [0.29, 0.717) is 11.7 Å². The summed E-state index contributed by atoms with van der Waals surface area (Å²) in [5.41, 5.74) is 1.31. The second-order valence-corrected chi connectivity index (χ2v) is 5.33. The van der Waals surface area contributed by atoms with Crippen LogP contribution in [0.25, 0.3) is 0 Å². The average Bonchev–Trinajstić information content (AvgIpc) is 2.46. The van der Waals surface area contributed by atoms with Gasteiger partial charge in [-0.25, -0.2) is 0 Å². The molecule has 0 heterocycles. The molecule has 1 aliphatic carbocycles. The average molecular weight is 264 g/mol. The maximum atomic E-state index is 5.44. The van der Waals surface area contributed by atoms with Crippen molar-refractivity contribution in [2.75, 3.05) is 21.3 Å². The van der Waals surface area contributed by atoms with Crippen molar-refractivity contribution in [2.24, 2.45) is 5.92 Å². The van der Waals surface area contributed by atoms with Crippen LogP contribution in [0.5, 0.6) is 17.2 Å². The quantitative estimate of drug-likeness (QED) is 0.822. The lowest BCUT2D eigenvalue weighted by molar-refractivity contribution is 0.313. The Kier molecular flexibility index (Phi) is 4.56. The van der Waals surface area contributed by atoms with Crippen molar-refractivity contribution in [2.45, 2.75) is 38.5 Å². The van der Waals surface area contributed by atoms with Gasteiger partial charge in [0.2, 0.25) is 5.75 Å². The lowest BCUT2D eigenvalue weighted by Gasteiger charge is -2.30. The van der Waals surface area contributed by atoms with Crippen LogP contribution in [0.4, 0.5) is 0 Å². The van der Waals surface area contributed by atoms with Crippen LogP contribution in [-0.4, -0.2) is 21.3 Å². The molecule has 0 aliphatic heterocycles. The lowest BCUT2D eigenvalue weighted by Crippen LogP contribution is -2.15. The largest absolute Gasteiger partial charge is 0.493 e. The number of benzene rings is 1. The fourth-order valence-corrected chi connectivity index (χ4v) is 3.13. The van der Waals surface area contributed by atoms with E-state index in [2.05, 4.69) is 19.1 Å². The second kappa shape index (κ2) is 6.18. The zero-order chi connectivity index (χ0) is 13.8. The summed E-state index contributed by atoms with van der Waals surface area (Å²) in [7, 11) is 4.99. The molecule has 3 nitrogen and oxygen atoms in total. The van der Waals surface area contributed by atoms with Gasteiger partial charge in [-0.2, -0.15) is 0 Å². The van der Waals surface area contributed by atoms with E-state index in [1.54, 1.807) is 21.3 Å². The molecule has 1 fully saturated rings. The van der Waals surface area contributed by atoms with E-state index in [9.17, 15) is 0 Å². The number of hydrogen-bond donors (Lipinski definition) is 0. The molecular formula is C16H24O3. The minimum Gasteiger partial charge on any atom is -0.493 e. The number of hydrogen-bond acceptors (Lipinski definition) is 3. The van der Waals surface area contributed by atoms with Gasteiger partial charge in [-0.05, 0) is 36.0 Å². The van der Waals surface area contributed by atoms with Crippen LogP contribution in [0.1, 0.15) is 44.1 Å². The van der Waals surface area contributed by atoms with E-state index in [-0.39, 0.29) is 0 Å². The van der Waals surface area contributed by atoms with Gasteiger partial charge in [0, 0.05) is 0 Å². The highest BCUT2D eigenvalue weighted by molar-refractivity contribution is 5.54. The van der Waals surface area contributed by atoms with Crippen LogP contribution in [-0.2, 0) is 0 Å². The number of methoxy groups -OCH3 is 3. The van der Waals surface area contributed by atoms with Crippen molar-refractivity contribution in [1.82, 2.24) is 0 Å². The maximum absolute atomic E-state index is 5.44. The number of rotatable bonds is 4. The Balaban J connectivity index is 2.40. The Morgan fingerprint density at radius 1 is 0.895 bits per heavy atom. The monoisotopic (exact) mass is 264 g/mol. The third kappa shape index (κ3) is 2.80. The van der Waals surface area contributed by atoms with Gasteiger partial charge in [0.25, 0.3) is 0 Å². The topological polar surface area (TPSA) is 27.7 Å². The first-order valence-electron chi connectivity index (χ1n) is 7.01. The van der Waals surface area contributed by atoms with Crippen LogP contribution in [0.15, 0.2) is 12.1 Å². The van der Waals surface area contributed by atoms with Gasteiger partial charge in [-0.3, -0.25) is 0 Å². The van der Waals surface area contributed by atoms with Crippen LogP contribution < -0.4 is 14.2 Å². The van der Waals surface area contributed by atoms with Crippen LogP contribution in [0.3, 0.4) is 0 Å². The third-order valence-electron chi connectivity index (χ3n) is 4.23. The van der Waals surface area contributed by atoms with E-state index in [1.807, 2.05) is 0 Å². The molecule has 0 aromatic heterocycles. The molecule has 1 aromatic rings. The Hall–Kier alpha value is -1.38. The first kappa shape index (κ1) is 14.0. The highest BCUT2D eigenvalue weighted by Crippen LogP contribution is 2.44. The molecule has 2 rings (SSSR count). The summed E-state index contributed by atoms with van der Waals surface area (Å²) in [6.07, 6.45) is 5.22. The smallest absolute Gasteiger partial charge is 0.203 e. The minimum absolute atomic E-state index is 0.599. The zero-order valence-electron chi connectivity index (χ0n) is 12.4. The summed E-state index contributed by atoms with van der Waals surface area (Å²) in [4.78, 5) is 0. The summed E-state index contributed by atoms with van der Waals surface area (Å²) in [6, 6.07) is 4.21. The molecule has 0 amide bonds. The molecule has 106 valence electrons. The Labute approximate surface area is 115 Å². The minimum atomic E-state index is 0.599. The van der Waals surface area contributed by atoms with E-state index in [4.69, 9.17) is 14.2 Å². The molecule has 0 radical (unpaired) electrons. The molecule has 1 aromatic carbocycles. The fraction of sp³-hybridized carbons (Fsp3) is 0.625. The molecule has 0 saturated heterocycles. The summed E-state index contributed by atoms with van der Waals surface area (Å²) < 4.78 is 16.3. The first-order valence-corrected chi connectivity index (χ1v) is 7.01. The van der Waals surface area contributed by atoms with Crippen LogP contribution in [0.2, 0.25) is 0 Å². The summed E-state index contributed by atoms with van der Waals surface area (Å²) in [6.45, 7) is 2.34. The van der Waals surface area contributed by atoms with Crippen molar-refractivity contribution < 1.29 is 14.2 Å². The second-order valence-electron chi connectivity index (χ2n) is 5.33. The van der Waals surface area contributed by atoms with Gasteiger partial charge in [-0.15, -0.1) is 0 Å². The van der Waals surface area contributed by atoms with Crippen molar-refractivity contribution in [3.8, 4) is 17.2 Å². The van der Waals surface area contributed by atoms with Gasteiger partial charge in [0.15, 0.2) is 11.5 Å². The fourth-order valence-electron chi connectivity index (χ4n) is 3.13. The van der Waals surface area contributed by atoms with Gasteiger partial charge in [0.05, 0.1) is 21.3 Å². The van der Waals surface area contributed by atoms with Gasteiger partial charge < -0.3 is 14.2 Å². The SMILES string of the molecule is COc1cc([C@@H]2CCCC[C@@H]2C)cc(OC)c1OC. The summed E-state index contributed by atoms with van der Waals surface area (Å²) in [5, 5.41) is 0. The standard InChI is InChI=1S/C16H24O3/c1-11-7-5-6-8-13(11)12-9-14(17-2)16(19-4)15(10-12)18-3/h9-11,13H,5-8H2,1-4H3/t11-,13+/m0/s1. The molecule has 3 heteroatoms. The van der Waals surface area contributed by atoms with E-state index >= 15 is 0 Å². The predicted molar refractivity (Wildman–Crippen MR) is 76.5 cm³/mol.